The lowest BCUT2D eigenvalue weighted by Gasteiger charge is -2.27. The number of aromatic amines is 1. The van der Waals surface area contributed by atoms with Gasteiger partial charge in [0.2, 0.25) is 23.6 Å². The number of para-hydroxylation sites is 1. The maximum Gasteiger partial charge on any atom is 0.243 e. The number of aromatic nitrogens is 1. The van der Waals surface area contributed by atoms with E-state index in [0.717, 1.165) is 27.6 Å². The number of benzene rings is 3. The first-order valence-electron chi connectivity index (χ1n) is 14.8. The minimum absolute atomic E-state index is 0.0485. The summed E-state index contributed by atoms with van der Waals surface area (Å²) < 4.78 is 5.26. The standard InChI is InChI=1S/C34H37N5O5/c1-44-26-13-11-23(12-14-26)17-25-21-36-31(40)15-16-32(41)38-30(19-24-20-35-28-10-6-5-9-27(24)28)34(43)39-29(33(42)37-25)18-22-7-3-2-4-8-22/h2-14,20,25,29-30,35H,15-19,21H2,1H3,(H,36,40)(H,37,42)(H,38,41)(H,39,43)/t25?,29?,30-/m0/s1. The van der Waals surface area contributed by atoms with Gasteiger partial charge in [0.1, 0.15) is 17.8 Å². The fraction of sp³-hybridized carbons (Fsp3) is 0.294. The van der Waals surface area contributed by atoms with Crippen LogP contribution in [-0.2, 0) is 38.4 Å². The molecule has 0 aliphatic carbocycles. The van der Waals surface area contributed by atoms with Crippen LogP contribution in [0, 0.1) is 0 Å². The van der Waals surface area contributed by atoms with Gasteiger partial charge in [-0.2, -0.15) is 0 Å². The Kier molecular flexibility index (Phi) is 9.91. The van der Waals surface area contributed by atoms with Gasteiger partial charge in [-0.1, -0.05) is 60.7 Å². The minimum Gasteiger partial charge on any atom is -0.497 e. The van der Waals surface area contributed by atoms with Gasteiger partial charge in [-0.05, 0) is 41.3 Å². The highest BCUT2D eigenvalue weighted by atomic mass is 16.5. The Morgan fingerprint density at radius 3 is 2.11 bits per heavy atom. The molecule has 5 rings (SSSR count). The second-order valence-electron chi connectivity index (χ2n) is 11.0. The van der Waals surface area contributed by atoms with E-state index in [1.165, 1.54) is 0 Å². The molecule has 5 N–H and O–H groups in total. The summed E-state index contributed by atoms with van der Waals surface area (Å²) in [5, 5.41) is 12.6. The first-order chi connectivity index (χ1) is 21.4. The highest BCUT2D eigenvalue weighted by Gasteiger charge is 2.30. The van der Waals surface area contributed by atoms with Crippen molar-refractivity contribution < 1.29 is 23.9 Å². The van der Waals surface area contributed by atoms with Crippen LogP contribution in [0.5, 0.6) is 5.75 Å². The molecule has 1 aliphatic heterocycles. The molecule has 10 nitrogen and oxygen atoms in total. The lowest BCUT2D eigenvalue weighted by atomic mass is 10.0. The van der Waals surface area contributed by atoms with E-state index in [9.17, 15) is 19.2 Å². The summed E-state index contributed by atoms with van der Waals surface area (Å²) in [7, 11) is 1.59. The molecule has 2 unspecified atom stereocenters. The predicted molar refractivity (Wildman–Crippen MR) is 167 cm³/mol. The number of fused-ring (bicyclic) bond motifs is 1. The van der Waals surface area contributed by atoms with E-state index in [-0.39, 0.29) is 44.0 Å². The van der Waals surface area contributed by atoms with Crippen LogP contribution in [0.3, 0.4) is 0 Å². The summed E-state index contributed by atoms with van der Waals surface area (Å²) in [6, 6.07) is 22.3. The van der Waals surface area contributed by atoms with Crippen LogP contribution >= 0.6 is 0 Å². The van der Waals surface area contributed by atoms with Crippen molar-refractivity contribution >= 4 is 34.5 Å². The third-order valence-corrected chi connectivity index (χ3v) is 7.78. The molecule has 2 heterocycles. The Hall–Kier alpha value is -5.12. The van der Waals surface area contributed by atoms with Crippen LogP contribution in [0.4, 0.5) is 0 Å². The third-order valence-electron chi connectivity index (χ3n) is 7.78. The van der Waals surface area contributed by atoms with E-state index in [1.807, 2.05) is 85.1 Å². The summed E-state index contributed by atoms with van der Waals surface area (Å²) in [4.78, 5) is 56.5. The van der Waals surface area contributed by atoms with Crippen LogP contribution in [0.25, 0.3) is 10.9 Å². The fourth-order valence-corrected chi connectivity index (χ4v) is 5.40. The quantitative estimate of drug-likeness (QED) is 0.223. The highest BCUT2D eigenvalue weighted by Crippen LogP contribution is 2.20. The van der Waals surface area contributed by atoms with E-state index in [2.05, 4.69) is 26.3 Å². The highest BCUT2D eigenvalue weighted by molar-refractivity contribution is 5.94. The van der Waals surface area contributed by atoms with Gasteiger partial charge in [-0.25, -0.2) is 0 Å². The number of hydrogen-bond acceptors (Lipinski definition) is 5. The van der Waals surface area contributed by atoms with Crippen LogP contribution in [0.2, 0.25) is 0 Å². The number of carbonyl (C=O) groups is 4. The molecule has 0 saturated carbocycles. The molecule has 1 aliphatic rings. The molecule has 3 aromatic carbocycles. The Labute approximate surface area is 255 Å². The maximum atomic E-state index is 13.8. The van der Waals surface area contributed by atoms with Gasteiger partial charge in [-0.3, -0.25) is 19.2 Å². The van der Waals surface area contributed by atoms with Gasteiger partial charge in [0, 0.05) is 49.3 Å². The summed E-state index contributed by atoms with van der Waals surface area (Å²) in [6.45, 7) is 0.160. The van der Waals surface area contributed by atoms with Crippen LogP contribution in [0.15, 0.2) is 85.1 Å². The first-order valence-corrected chi connectivity index (χ1v) is 14.8. The lowest BCUT2D eigenvalue weighted by molar-refractivity contribution is -0.133. The van der Waals surface area contributed by atoms with Crippen molar-refractivity contribution in [3.8, 4) is 5.75 Å². The summed E-state index contributed by atoms with van der Waals surface area (Å²) in [5.41, 5.74) is 3.57. The number of ether oxygens (including phenoxy) is 1. The molecule has 1 aromatic heterocycles. The molecule has 0 radical (unpaired) electrons. The SMILES string of the molecule is COc1ccc(CC2CNC(=O)CCC(=O)N[C@@H](Cc3c[nH]c4ccccc34)C(=O)NC(Cc3ccccc3)C(=O)N2)cc1. The molecule has 4 aromatic rings. The molecule has 0 spiro atoms. The zero-order valence-electron chi connectivity index (χ0n) is 24.6. The summed E-state index contributed by atoms with van der Waals surface area (Å²) in [5.74, 6) is -0.888. The minimum atomic E-state index is -0.964. The van der Waals surface area contributed by atoms with Crippen molar-refractivity contribution in [3.05, 3.63) is 102 Å². The first kappa shape index (κ1) is 30.3. The molecule has 4 amide bonds. The number of rotatable bonds is 7. The zero-order valence-corrected chi connectivity index (χ0v) is 24.6. The van der Waals surface area contributed by atoms with Gasteiger partial charge in [0.15, 0.2) is 0 Å². The molecule has 1 fully saturated rings. The zero-order chi connectivity index (χ0) is 30.9. The van der Waals surface area contributed by atoms with Gasteiger partial charge in [0.05, 0.1) is 13.2 Å². The number of hydrogen-bond donors (Lipinski definition) is 5. The average Bonchev–Trinajstić information content (AvgIpc) is 3.45. The van der Waals surface area contributed by atoms with Crippen molar-refractivity contribution in [1.29, 1.82) is 0 Å². The molecule has 1 saturated heterocycles. The number of carbonyl (C=O) groups excluding carboxylic acids is 4. The van der Waals surface area contributed by atoms with Crippen molar-refractivity contribution in [2.75, 3.05) is 13.7 Å². The van der Waals surface area contributed by atoms with Gasteiger partial charge in [-0.15, -0.1) is 0 Å². The number of amides is 4. The topological polar surface area (TPSA) is 141 Å². The van der Waals surface area contributed by atoms with Gasteiger partial charge in [0.25, 0.3) is 0 Å². The Morgan fingerprint density at radius 1 is 0.682 bits per heavy atom. The normalized spacial score (nSPS) is 20.2. The molecule has 0 bridgehead atoms. The maximum absolute atomic E-state index is 13.8. The van der Waals surface area contributed by atoms with E-state index >= 15 is 0 Å². The van der Waals surface area contributed by atoms with E-state index in [0.29, 0.717) is 12.2 Å². The Bertz CT molecular complexity index is 1600. The smallest absolute Gasteiger partial charge is 0.243 e. The summed E-state index contributed by atoms with van der Waals surface area (Å²) in [6.07, 6.45) is 2.58. The molecule has 3 atom stereocenters. The molecule has 228 valence electrons. The predicted octanol–water partition coefficient (Wildman–Crippen LogP) is 2.57. The van der Waals surface area contributed by atoms with E-state index < -0.39 is 29.9 Å². The van der Waals surface area contributed by atoms with Crippen LogP contribution in [0.1, 0.15) is 29.5 Å². The molecule has 10 heteroatoms. The monoisotopic (exact) mass is 595 g/mol. The third kappa shape index (κ3) is 8.03. The largest absolute Gasteiger partial charge is 0.497 e. The Morgan fingerprint density at radius 2 is 1.34 bits per heavy atom. The van der Waals surface area contributed by atoms with E-state index in [4.69, 9.17) is 4.74 Å². The molecular formula is C34H37N5O5. The van der Waals surface area contributed by atoms with Crippen molar-refractivity contribution in [2.24, 2.45) is 0 Å². The van der Waals surface area contributed by atoms with Crippen LogP contribution in [-0.4, -0.2) is 60.4 Å². The van der Waals surface area contributed by atoms with Crippen molar-refractivity contribution in [3.63, 3.8) is 0 Å². The lowest BCUT2D eigenvalue weighted by Crippen LogP contribution is -2.57. The van der Waals surface area contributed by atoms with Gasteiger partial charge < -0.3 is 31.0 Å². The average molecular weight is 596 g/mol. The summed E-state index contributed by atoms with van der Waals surface area (Å²) >= 11 is 0. The number of H-pyrrole nitrogens is 1. The second-order valence-corrected chi connectivity index (χ2v) is 11.0. The van der Waals surface area contributed by atoms with Crippen LogP contribution < -0.4 is 26.0 Å². The van der Waals surface area contributed by atoms with Gasteiger partial charge >= 0.3 is 0 Å². The molecular weight excluding hydrogens is 558 g/mol. The molecule has 44 heavy (non-hydrogen) atoms. The fourth-order valence-electron chi connectivity index (χ4n) is 5.40. The second kappa shape index (κ2) is 14.4. The number of methoxy groups -OCH3 is 1. The van der Waals surface area contributed by atoms with E-state index in [1.54, 1.807) is 7.11 Å². The number of nitrogens with one attached hydrogen (secondary N) is 5. The Balaban J connectivity index is 1.42. The van der Waals surface area contributed by atoms with Crippen molar-refractivity contribution in [2.45, 2.75) is 50.2 Å². The van der Waals surface area contributed by atoms with Crippen molar-refractivity contribution in [1.82, 2.24) is 26.3 Å².